The van der Waals surface area contributed by atoms with Crippen LogP contribution in [0.1, 0.15) is 7.43 Å². The minimum atomic E-state index is -3.60. The van der Waals surface area contributed by atoms with Crippen molar-refractivity contribution in [2.45, 2.75) is 7.43 Å². The van der Waals surface area contributed by atoms with E-state index < -0.39 is 16.1 Å². The number of aliphatic hydroxyl groups is 1. The number of aliphatic hydroxyl groups excluding tert-OH is 1. The summed E-state index contributed by atoms with van der Waals surface area (Å²) in [5.74, 6) is -0.955. The standard InChI is InChI=1S/2C3H3N2S.C2H6O4S.CH4.2Na.2H2S/c2*1-6-3-5-2-4;1-6-7(4,5)2-3;;;;;/h2*1H3;3H,2H2,1H3;1H4;;;2*1H2/q2*-1;;;2*+1;;/p-2. The maximum atomic E-state index is 9.90. The summed E-state index contributed by atoms with van der Waals surface area (Å²) >= 11 is 2.57. The molecule has 15 heteroatoms. The van der Waals surface area contributed by atoms with Gasteiger partial charge in [0.2, 0.25) is 0 Å². The molecule has 0 bridgehead atoms. The molecule has 0 spiro atoms. The van der Waals surface area contributed by atoms with Gasteiger partial charge in [0.1, 0.15) is 0 Å². The number of nitriles is 2. The monoisotopic (exact) mass is 452 g/mol. The Morgan fingerprint density at radius 2 is 1.38 bits per heavy atom. The van der Waals surface area contributed by atoms with E-state index in [1.807, 2.05) is 0 Å². The molecule has 0 aliphatic rings. The van der Waals surface area contributed by atoms with Gasteiger partial charge in [-0.1, -0.05) is 7.43 Å². The van der Waals surface area contributed by atoms with E-state index >= 15 is 0 Å². The largest absolute Gasteiger partial charge is 1.00 e. The summed E-state index contributed by atoms with van der Waals surface area (Å²) in [6, 6.07) is 0. The Morgan fingerprint density at radius 3 is 1.42 bits per heavy atom. The van der Waals surface area contributed by atoms with Crippen molar-refractivity contribution in [3.63, 3.8) is 0 Å². The van der Waals surface area contributed by atoms with E-state index in [1.54, 1.807) is 24.9 Å². The van der Waals surface area contributed by atoms with E-state index in [-0.39, 0.29) is 93.5 Å². The van der Waals surface area contributed by atoms with Crippen molar-refractivity contribution in [3.8, 4) is 12.4 Å². The predicted molar refractivity (Wildman–Crippen MR) is 100 cm³/mol. The van der Waals surface area contributed by atoms with Crippen LogP contribution in [0.25, 0.3) is 0 Å². The second kappa shape index (κ2) is 44.2. The van der Waals surface area contributed by atoms with Crippen LogP contribution in [0.5, 0.6) is 0 Å². The van der Waals surface area contributed by atoms with Crippen LogP contribution in [0.2, 0.25) is 0 Å². The van der Waals surface area contributed by atoms with Gasteiger partial charge in [-0.25, -0.2) is 23.5 Å². The molecule has 132 valence electrons. The van der Waals surface area contributed by atoms with Crippen LogP contribution in [-0.2, 0) is 41.3 Å². The number of hydrogen-bond acceptors (Lipinski definition) is 12. The molecule has 0 rings (SSSR count). The molecule has 0 fully saturated rings. The van der Waals surface area contributed by atoms with Gasteiger partial charge in [0.05, 0.1) is 7.11 Å². The summed E-state index contributed by atoms with van der Waals surface area (Å²) in [6.07, 6.45) is 6.71. The van der Waals surface area contributed by atoms with Crippen molar-refractivity contribution in [1.29, 1.82) is 10.5 Å². The summed E-state index contributed by atoms with van der Waals surface area (Å²) in [7, 11) is -2.61. The molecule has 0 aliphatic heterocycles. The van der Waals surface area contributed by atoms with Gasteiger partial charge < -0.3 is 52.6 Å². The van der Waals surface area contributed by atoms with Gasteiger partial charge in [-0.15, -0.1) is 11.1 Å². The van der Waals surface area contributed by atoms with Crippen LogP contribution in [0, 0.1) is 22.9 Å². The molecule has 0 aromatic carbocycles. The summed E-state index contributed by atoms with van der Waals surface area (Å²) in [5.41, 5.74) is 4.76. The average molecular weight is 453 g/mol. The Kier molecular flexibility index (Phi) is 92.2. The number of rotatable bonds is 4. The van der Waals surface area contributed by atoms with Crippen LogP contribution < -0.4 is 59.1 Å². The van der Waals surface area contributed by atoms with Crippen LogP contribution in [-0.4, -0.2) is 50.2 Å². The number of thioether (sulfide) groups is 2. The smallest absolute Gasteiger partial charge is 0.813 e. The van der Waals surface area contributed by atoms with Crippen LogP contribution in [0.15, 0.2) is 9.98 Å². The molecule has 0 heterocycles. The van der Waals surface area contributed by atoms with E-state index in [0.717, 1.165) is 7.11 Å². The molecule has 0 saturated heterocycles. The Hall–Kier alpha value is 1.59. The van der Waals surface area contributed by atoms with E-state index in [0.29, 0.717) is 0 Å². The third-order valence-corrected chi connectivity index (χ3v) is 2.16. The van der Waals surface area contributed by atoms with Gasteiger partial charge in [0.15, 0.2) is 5.94 Å². The third kappa shape index (κ3) is 65.2. The Bertz CT molecular complexity index is 404. The Balaban J connectivity index is -0.0000000242. The number of aliphatic imine (C=N–C) groups is 2. The first-order valence-corrected chi connectivity index (χ1v) is 8.11. The fourth-order valence-corrected chi connectivity index (χ4v) is 0.554. The van der Waals surface area contributed by atoms with Gasteiger partial charge in [-0.2, -0.15) is 8.42 Å². The first-order chi connectivity index (χ1) is 8.95. The SMILES string of the molecule is C.COS(=O)(=O)CO.CS[C-]=NC#N.CS[C-]=NC#N.[Na+].[Na+].[SH-].[SH-]. The van der Waals surface area contributed by atoms with E-state index in [2.05, 4.69) is 25.3 Å². The second-order valence-corrected chi connectivity index (χ2v) is 4.76. The minimum absolute atomic E-state index is 0. The normalized spacial score (nSPS) is 7.75. The topological polar surface area (TPSA) is 136 Å². The fourth-order valence-electron chi connectivity index (χ4n) is 0.185. The molecule has 0 atom stereocenters. The molecule has 24 heavy (non-hydrogen) atoms. The molecular weight excluding hydrogens is 434 g/mol. The third-order valence-electron chi connectivity index (χ3n) is 0.786. The summed E-state index contributed by atoms with van der Waals surface area (Å²) in [5, 5.41) is 23.3. The van der Waals surface area contributed by atoms with Gasteiger partial charge >= 0.3 is 59.1 Å². The van der Waals surface area contributed by atoms with Crippen molar-refractivity contribution in [3.05, 3.63) is 0 Å². The van der Waals surface area contributed by atoms with Crippen LogP contribution in [0.4, 0.5) is 0 Å². The van der Waals surface area contributed by atoms with Crippen molar-refractivity contribution in [2.24, 2.45) is 9.98 Å². The predicted octanol–water partition coefficient (Wildman–Crippen LogP) is -5.51. The number of hydrogen-bond donors (Lipinski definition) is 1. The quantitative estimate of drug-likeness (QED) is 0.0643. The molecule has 0 unspecified atom stereocenters. The molecule has 8 nitrogen and oxygen atoms in total. The van der Waals surface area contributed by atoms with Gasteiger partial charge in [-0.3, -0.25) is 4.18 Å². The fraction of sp³-hybridized carbons (Fsp3) is 0.556. The molecule has 0 amide bonds. The first kappa shape index (κ1) is 50.0. The van der Waals surface area contributed by atoms with Crippen LogP contribution >= 0.6 is 23.5 Å². The molecule has 1 N–H and O–H groups in total. The minimum Gasteiger partial charge on any atom is -0.813 e. The molecule has 0 aliphatic carbocycles. The zero-order chi connectivity index (χ0) is 15.6. The number of thiol groups is 2. The van der Waals surface area contributed by atoms with Gasteiger partial charge in [0.25, 0.3) is 10.1 Å². The second-order valence-electron chi connectivity index (χ2n) is 1.87. The molecule has 0 aromatic heterocycles. The van der Waals surface area contributed by atoms with Crippen molar-refractivity contribution in [2.75, 3.05) is 25.6 Å². The first-order valence-electron chi connectivity index (χ1n) is 4.08. The maximum absolute atomic E-state index is 9.90. The van der Waals surface area contributed by atoms with Crippen molar-refractivity contribution in [1.82, 2.24) is 0 Å². The summed E-state index contributed by atoms with van der Waals surface area (Å²) in [4.78, 5) is 6.22. The van der Waals surface area contributed by atoms with Crippen LogP contribution in [0.3, 0.4) is 0 Å². The van der Waals surface area contributed by atoms with Gasteiger partial charge in [0, 0.05) is 0 Å². The van der Waals surface area contributed by atoms with Crippen molar-refractivity contribution < 1.29 is 76.8 Å². The zero-order valence-electron chi connectivity index (χ0n) is 13.3. The summed E-state index contributed by atoms with van der Waals surface area (Å²) < 4.78 is 23.6. The maximum Gasteiger partial charge on any atom is 1.00 e. The van der Waals surface area contributed by atoms with Gasteiger partial charge in [-0.05, 0) is 24.9 Å². The summed E-state index contributed by atoms with van der Waals surface area (Å²) in [6.45, 7) is 0. The van der Waals surface area contributed by atoms with Crippen molar-refractivity contribution >= 4 is 71.7 Å². The molecule has 0 aromatic rings. The number of nitrogens with zero attached hydrogens (tertiary/aromatic N) is 4. The van der Waals surface area contributed by atoms with E-state index in [9.17, 15) is 8.42 Å². The molecular formula is C9H18N4Na2O4S5-2. The Morgan fingerprint density at radius 1 is 1.08 bits per heavy atom. The zero-order valence-corrected chi connectivity index (χ0v) is 21.5. The molecule has 0 saturated carbocycles. The Labute approximate surface area is 211 Å². The molecule has 0 radical (unpaired) electrons. The van der Waals surface area contributed by atoms with E-state index in [4.69, 9.17) is 15.6 Å². The van der Waals surface area contributed by atoms with E-state index in [1.165, 1.54) is 23.5 Å². The average Bonchev–Trinajstić information content (AvgIpc) is 2.44.